The third-order valence-corrected chi connectivity index (χ3v) is 2.26. The number of nitrogens with zero attached hydrogens (tertiary/aromatic N) is 1. The third-order valence-electron chi connectivity index (χ3n) is 2.26. The van der Waals surface area contributed by atoms with E-state index in [0.29, 0.717) is 6.54 Å². The van der Waals surface area contributed by atoms with Gasteiger partial charge in [-0.1, -0.05) is 6.92 Å². The van der Waals surface area contributed by atoms with Gasteiger partial charge >= 0.3 is 5.97 Å². The van der Waals surface area contributed by atoms with E-state index >= 15 is 0 Å². The normalized spacial score (nSPS) is 16.1. The molecule has 12 heavy (non-hydrogen) atoms. The summed E-state index contributed by atoms with van der Waals surface area (Å²) >= 11 is 0. The summed E-state index contributed by atoms with van der Waals surface area (Å²) in [7, 11) is 1.81. The minimum absolute atomic E-state index is 0.0466. The summed E-state index contributed by atoms with van der Waals surface area (Å²) in [5, 5.41) is 17.3. The van der Waals surface area contributed by atoms with Gasteiger partial charge in [-0.2, -0.15) is 0 Å². The van der Waals surface area contributed by atoms with Gasteiger partial charge in [-0.05, 0) is 14.0 Å². The van der Waals surface area contributed by atoms with E-state index in [1.54, 1.807) is 14.0 Å². The van der Waals surface area contributed by atoms with Gasteiger partial charge < -0.3 is 15.1 Å². The van der Waals surface area contributed by atoms with Gasteiger partial charge in [0, 0.05) is 12.6 Å². The molecule has 0 spiro atoms. The molecule has 72 valence electrons. The Balaban J connectivity index is 3.99. The maximum absolute atomic E-state index is 10.6. The first-order valence-electron chi connectivity index (χ1n) is 4.04. The van der Waals surface area contributed by atoms with Crippen molar-refractivity contribution < 1.29 is 15.0 Å². The van der Waals surface area contributed by atoms with Gasteiger partial charge in [0.1, 0.15) is 0 Å². The van der Waals surface area contributed by atoms with Gasteiger partial charge in [0.15, 0.2) is 0 Å². The molecule has 2 N–H and O–H groups in total. The fourth-order valence-electron chi connectivity index (χ4n) is 0.949. The van der Waals surface area contributed by atoms with Crippen molar-refractivity contribution in [2.75, 3.05) is 20.2 Å². The highest BCUT2D eigenvalue weighted by Crippen LogP contribution is 2.08. The number of hydrogen-bond donors (Lipinski definition) is 2. The minimum atomic E-state index is -0.799. The van der Waals surface area contributed by atoms with Gasteiger partial charge in [-0.25, -0.2) is 0 Å². The van der Waals surface area contributed by atoms with Crippen molar-refractivity contribution in [2.24, 2.45) is 5.92 Å². The Labute approximate surface area is 72.8 Å². The Morgan fingerprint density at radius 3 is 2.33 bits per heavy atom. The number of carboxylic acid groups (broad SMARTS) is 1. The van der Waals surface area contributed by atoms with E-state index < -0.39 is 11.9 Å². The molecule has 0 aromatic rings. The SMILES string of the molecule is CC(C(=O)O)C(C)N(C)CCO. The molecule has 2 atom stereocenters. The number of carbonyl (C=O) groups is 1. The molecule has 0 rings (SSSR count). The van der Waals surface area contributed by atoms with Crippen LogP contribution in [0.15, 0.2) is 0 Å². The Bertz CT molecular complexity index is 149. The van der Waals surface area contributed by atoms with E-state index in [0.717, 1.165) is 0 Å². The zero-order valence-corrected chi connectivity index (χ0v) is 7.82. The van der Waals surface area contributed by atoms with Gasteiger partial charge in [-0.15, -0.1) is 0 Å². The lowest BCUT2D eigenvalue weighted by molar-refractivity contribution is -0.143. The van der Waals surface area contributed by atoms with Crippen molar-refractivity contribution in [3.05, 3.63) is 0 Å². The average Bonchev–Trinajstić information content (AvgIpc) is 2.02. The fraction of sp³-hybridized carbons (Fsp3) is 0.875. The third kappa shape index (κ3) is 3.19. The van der Waals surface area contributed by atoms with Crippen LogP contribution in [0.4, 0.5) is 0 Å². The second-order valence-electron chi connectivity index (χ2n) is 3.07. The van der Waals surface area contributed by atoms with Crippen LogP contribution in [-0.2, 0) is 4.79 Å². The molecule has 4 heteroatoms. The van der Waals surface area contributed by atoms with Crippen LogP contribution in [-0.4, -0.2) is 47.3 Å². The van der Waals surface area contributed by atoms with Crippen LogP contribution < -0.4 is 0 Å². The van der Waals surface area contributed by atoms with E-state index in [1.165, 1.54) is 0 Å². The van der Waals surface area contributed by atoms with Gasteiger partial charge in [0.2, 0.25) is 0 Å². The molecule has 0 aliphatic heterocycles. The molecule has 0 bridgehead atoms. The lowest BCUT2D eigenvalue weighted by Gasteiger charge is -2.26. The van der Waals surface area contributed by atoms with E-state index in [2.05, 4.69) is 0 Å². The summed E-state index contributed by atoms with van der Waals surface area (Å²) in [4.78, 5) is 12.4. The van der Waals surface area contributed by atoms with Crippen molar-refractivity contribution in [1.29, 1.82) is 0 Å². The molecule has 0 aromatic carbocycles. The molecular weight excluding hydrogens is 158 g/mol. The summed E-state index contributed by atoms with van der Waals surface area (Å²) in [5.74, 6) is -1.20. The van der Waals surface area contributed by atoms with Crippen LogP contribution in [0, 0.1) is 5.92 Å². The highest BCUT2D eigenvalue weighted by atomic mass is 16.4. The van der Waals surface area contributed by atoms with Crippen LogP contribution >= 0.6 is 0 Å². The largest absolute Gasteiger partial charge is 0.481 e. The topological polar surface area (TPSA) is 60.8 Å². The van der Waals surface area contributed by atoms with Crippen molar-refractivity contribution >= 4 is 5.97 Å². The highest BCUT2D eigenvalue weighted by Gasteiger charge is 2.22. The molecule has 0 aromatic heterocycles. The van der Waals surface area contributed by atoms with Crippen molar-refractivity contribution in [2.45, 2.75) is 19.9 Å². The first-order chi connectivity index (χ1) is 5.50. The minimum Gasteiger partial charge on any atom is -0.481 e. The van der Waals surface area contributed by atoms with Crippen molar-refractivity contribution in [3.8, 4) is 0 Å². The van der Waals surface area contributed by atoms with Crippen LogP contribution in [0.2, 0.25) is 0 Å². The standard InChI is InChI=1S/C8H17NO3/c1-6(8(11)12)7(2)9(3)4-5-10/h6-7,10H,4-5H2,1-3H3,(H,11,12). The van der Waals surface area contributed by atoms with E-state index in [4.69, 9.17) is 10.2 Å². The number of aliphatic hydroxyl groups excluding tert-OH is 1. The number of likely N-dealkylation sites (N-methyl/N-ethyl adjacent to an activating group) is 1. The van der Waals surface area contributed by atoms with Crippen molar-refractivity contribution in [1.82, 2.24) is 4.90 Å². The smallest absolute Gasteiger partial charge is 0.307 e. The summed E-state index contributed by atoms with van der Waals surface area (Å²) in [6.07, 6.45) is 0. The molecular formula is C8H17NO3. The van der Waals surface area contributed by atoms with E-state index in [9.17, 15) is 4.79 Å². The second-order valence-corrected chi connectivity index (χ2v) is 3.07. The molecule has 0 radical (unpaired) electrons. The molecule has 0 amide bonds. The maximum atomic E-state index is 10.6. The summed E-state index contributed by atoms with van der Waals surface area (Å²) in [5.41, 5.74) is 0. The summed E-state index contributed by atoms with van der Waals surface area (Å²) in [6.45, 7) is 4.08. The number of aliphatic carboxylic acids is 1. The van der Waals surface area contributed by atoms with E-state index in [-0.39, 0.29) is 12.6 Å². The van der Waals surface area contributed by atoms with Crippen molar-refractivity contribution in [3.63, 3.8) is 0 Å². The van der Waals surface area contributed by atoms with E-state index in [1.807, 2.05) is 11.8 Å². The van der Waals surface area contributed by atoms with Gasteiger partial charge in [0.05, 0.1) is 12.5 Å². The number of carboxylic acids is 1. The highest BCUT2D eigenvalue weighted by molar-refractivity contribution is 5.70. The molecule has 0 heterocycles. The van der Waals surface area contributed by atoms with Gasteiger partial charge in [0.25, 0.3) is 0 Å². The predicted octanol–water partition coefficient (Wildman–Crippen LogP) is 0.0197. The lowest BCUT2D eigenvalue weighted by atomic mass is 10.0. The van der Waals surface area contributed by atoms with Crippen LogP contribution in [0.25, 0.3) is 0 Å². The molecule has 2 unspecified atom stereocenters. The Kier molecular flexibility index (Phi) is 4.85. The quantitative estimate of drug-likeness (QED) is 0.618. The van der Waals surface area contributed by atoms with Crippen LogP contribution in [0.5, 0.6) is 0 Å². The molecule has 4 nitrogen and oxygen atoms in total. The molecule has 0 saturated carbocycles. The summed E-state index contributed by atoms with van der Waals surface area (Å²) in [6, 6.07) is -0.0466. The van der Waals surface area contributed by atoms with Crippen LogP contribution in [0.1, 0.15) is 13.8 Å². The first kappa shape index (κ1) is 11.4. The number of rotatable bonds is 5. The Morgan fingerprint density at radius 1 is 1.50 bits per heavy atom. The number of hydrogen-bond acceptors (Lipinski definition) is 3. The van der Waals surface area contributed by atoms with Gasteiger partial charge in [-0.3, -0.25) is 4.79 Å². The molecule has 0 aliphatic rings. The monoisotopic (exact) mass is 175 g/mol. The Hall–Kier alpha value is -0.610. The lowest BCUT2D eigenvalue weighted by Crippen LogP contribution is -2.39. The number of aliphatic hydroxyl groups is 1. The second kappa shape index (κ2) is 5.11. The zero-order valence-electron chi connectivity index (χ0n) is 7.82. The zero-order chi connectivity index (χ0) is 9.72. The molecule has 0 saturated heterocycles. The fourth-order valence-corrected chi connectivity index (χ4v) is 0.949. The molecule has 0 fully saturated rings. The Morgan fingerprint density at radius 2 is 2.00 bits per heavy atom. The maximum Gasteiger partial charge on any atom is 0.307 e. The summed E-state index contributed by atoms with van der Waals surface area (Å²) < 4.78 is 0. The first-order valence-corrected chi connectivity index (χ1v) is 4.04. The molecule has 0 aliphatic carbocycles. The average molecular weight is 175 g/mol. The predicted molar refractivity (Wildman–Crippen MR) is 46.0 cm³/mol. The van der Waals surface area contributed by atoms with Crippen LogP contribution in [0.3, 0.4) is 0 Å².